The van der Waals surface area contributed by atoms with E-state index < -0.39 is 10.0 Å². The lowest BCUT2D eigenvalue weighted by molar-refractivity contribution is -0.118. The molecule has 1 amide bonds. The third-order valence-electron chi connectivity index (χ3n) is 4.27. The minimum absolute atomic E-state index is 0.0708. The average molecular weight is 375 g/mol. The van der Waals surface area contributed by atoms with Crippen LogP contribution in [0.25, 0.3) is 0 Å². The summed E-state index contributed by atoms with van der Waals surface area (Å²) in [6.07, 6.45) is 3.62. The van der Waals surface area contributed by atoms with Crippen LogP contribution in [-0.4, -0.2) is 49.4 Å². The molecule has 136 valence electrons. The Labute approximate surface area is 150 Å². The van der Waals surface area contributed by atoms with Gasteiger partial charge >= 0.3 is 0 Å². The van der Waals surface area contributed by atoms with Gasteiger partial charge in [-0.05, 0) is 36.8 Å². The van der Waals surface area contributed by atoms with Gasteiger partial charge in [0.25, 0.3) is 5.91 Å². The molecule has 2 aliphatic heterocycles. The highest BCUT2D eigenvalue weighted by Crippen LogP contribution is 2.32. The summed E-state index contributed by atoms with van der Waals surface area (Å²) < 4.78 is 38.3. The van der Waals surface area contributed by atoms with Crippen LogP contribution in [0.5, 0.6) is 11.5 Å². The number of amides is 1. The zero-order chi connectivity index (χ0) is 18.1. The third-order valence-corrected chi connectivity index (χ3v) is 6.13. The van der Waals surface area contributed by atoms with E-state index >= 15 is 0 Å². The van der Waals surface area contributed by atoms with E-state index in [1.54, 1.807) is 30.6 Å². The molecule has 1 N–H and O–H groups in total. The molecule has 0 saturated carbocycles. The van der Waals surface area contributed by atoms with Crippen LogP contribution in [0.1, 0.15) is 6.42 Å². The molecule has 0 radical (unpaired) electrons. The molecule has 4 rings (SSSR count). The Morgan fingerprint density at radius 1 is 1.31 bits per heavy atom. The van der Waals surface area contributed by atoms with Gasteiger partial charge in [0.2, 0.25) is 10.0 Å². The van der Waals surface area contributed by atoms with Crippen molar-refractivity contribution in [3.63, 3.8) is 0 Å². The number of nitrogens with one attached hydrogen (secondary N) is 1. The second kappa shape index (κ2) is 6.58. The van der Waals surface area contributed by atoms with Crippen LogP contribution in [0.15, 0.2) is 47.6 Å². The second-order valence-corrected chi connectivity index (χ2v) is 8.01. The van der Waals surface area contributed by atoms with E-state index in [-0.39, 0.29) is 30.1 Å². The SMILES string of the molecule is O=C1COc2ccc(S(=O)(=O)N3CC[C@@H](Oc4cccnc4)C3)cc2N1. The van der Waals surface area contributed by atoms with Gasteiger partial charge in [-0.2, -0.15) is 4.31 Å². The van der Waals surface area contributed by atoms with Gasteiger partial charge in [-0.25, -0.2) is 8.42 Å². The van der Waals surface area contributed by atoms with Crippen molar-refractivity contribution in [2.45, 2.75) is 17.4 Å². The molecule has 1 aromatic carbocycles. The maximum absolute atomic E-state index is 12.9. The summed E-state index contributed by atoms with van der Waals surface area (Å²) in [6.45, 7) is 0.558. The molecule has 2 aliphatic rings. The lowest BCUT2D eigenvalue weighted by Crippen LogP contribution is -2.31. The molecule has 0 unspecified atom stereocenters. The Balaban J connectivity index is 1.50. The number of ether oxygens (including phenoxy) is 2. The van der Waals surface area contributed by atoms with Crippen molar-refractivity contribution in [2.75, 3.05) is 25.0 Å². The Bertz CT molecular complexity index is 933. The first-order valence-electron chi connectivity index (χ1n) is 8.16. The van der Waals surface area contributed by atoms with Crippen molar-refractivity contribution in [2.24, 2.45) is 0 Å². The average Bonchev–Trinajstić information content (AvgIpc) is 3.11. The Hall–Kier alpha value is -2.65. The Kier molecular flexibility index (Phi) is 4.25. The third kappa shape index (κ3) is 3.23. The number of anilines is 1. The molecule has 3 heterocycles. The zero-order valence-electron chi connectivity index (χ0n) is 13.8. The van der Waals surface area contributed by atoms with E-state index in [1.807, 2.05) is 0 Å². The standard InChI is InChI=1S/C17H17N3O5S/c21-17-11-24-16-4-3-14(8-15(16)19-17)26(22,23)20-7-5-13(10-20)25-12-2-1-6-18-9-12/h1-4,6,8-9,13H,5,7,10-11H2,(H,19,21)/t13-/m1/s1. The smallest absolute Gasteiger partial charge is 0.262 e. The molecular formula is C17H17N3O5S. The van der Waals surface area contributed by atoms with Crippen LogP contribution >= 0.6 is 0 Å². The van der Waals surface area contributed by atoms with Gasteiger partial charge in [0.15, 0.2) is 6.61 Å². The predicted octanol–water partition coefficient (Wildman–Crippen LogP) is 1.25. The highest BCUT2D eigenvalue weighted by atomic mass is 32.2. The summed E-state index contributed by atoms with van der Waals surface area (Å²) >= 11 is 0. The molecule has 0 aliphatic carbocycles. The van der Waals surface area contributed by atoms with Crippen molar-refractivity contribution in [1.29, 1.82) is 0 Å². The van der Waals surface area contributed by atoms with Gasteiger partial charge in [0, 0.05) is 12.7 Å². The van der Waals surface area contributed by atoms with Crippen molar-refractivity contribution in [3.05, 3.63) is 42.7 Å². The number of rotatable bonds is 4. The molecule has 2 aromatic rings. The molecule has 9 heteroatoms. The minimum atomic E-state index is -3.68. The van der Waals surface area contributed by atoms with E-state index in [1.165, 1.54) is 16.4 Å². The zero-order valence-corrected chi connectivity index (χ0v) is 14.6. The first-order chi connectivity index (χ1) is 12.5. The predicted molar refractivity (Wildman–Crippen MR) is 92.6 cm³/mol. The van der Waals surface area contributed by atoms with Crippen LogP contribution < -0.4 is 14.8 Å². The fourth-order valence-corrected chi connectivity index (χ4v) is 4.51. The van der Waals surface area contributed by atoms with Gasteiger partial charge in [0.05, 0.1) is 23.3 Å². The molecule has 8 nitrogen and oxygen atoms in total. The number of carbonyl (C=O) groups excluding carboxylic acids is 1. The van der Waals surface area contributed by atoms with Crippen LogP contribution in [0.3, 0.4) is 0 Å². The summed E-state index contributed by atoms with van der Waals surface area (Å²) in [5.41, 5.74) is 0.365. The number of carbonyl (C=O) groups is 1. The largest absolute Gasteiger partial charge is 0.487 e. The number of hydrogen-bond donors (Lipinski definition) is 1. The summed E-state index contributed by atoms with van der Waals surface area (Å²) in [6, 6.07) is 8.03. The first kappa shape index (κ1) is 16.8. The Morgan fingerprint density at radius 2 is 2.19 bits per heavy atom. The number of hydrogen-bond acceptors (Lipinski definition) is 6. The quantitative estimate of drug-likeness (QED) is 0.864. The van der Waals surface area contributed by atoms with Gasteiger partial charge in [-0.1, -0.05) is 0 Å². The normalized spacial score (nSPS) is 20.2. The van der Waals surface area contributed by atoms with Crippen LogP contribution in [0, 0.1) is 0 Å². The number of fused-ring (bicyclic) bond motifs is 1. The molecule has 0 spiro atoms. The van der Waals surface area contributed by atoms with E-state index in [9.17, 15) is 13.2 Å². The van der Waals surface area contributed by atoms with Gasteiger partial charge in [-0.15, -0.1) is 0 Å². The van der Waals surface area contributed by atoms with Crippen LogP contribution in [0.2, 0.25) is 0 Å². The summed E-state index contributed by atoms with van der Waals surface area (Å²) in [4.78, 5) is 15.5. The molecule has 26 heavy (non-hydrogen) atoms. The van der Waals surface area contributed by atoms with Crippen molar-refractivity contribution >= 4 is 21.6 Å². The molecular weight excluding hydrogens is 358 g/mol. The topological polar surface area (TPSA) is 97.8 Å². The minimum Gasteiger partial charge on any atom is -0.487 e. The fourth-order valence-electron chi connectivity index (χ4n) is 2.99. The van der Waals surface area contributed by atoms with Gasteiger partial charge in [-0.3, -0.25) is 9.78 Å². The van der Waals surface area contributed by atoms with E-state index in [0.717, 1.165) is 0 Å². The number of sulfonamides is 1. The molecule has 1 atom stereocenters. The molecule has 1 fully saturated rings. The van der Waals surface area contributed by atoms with E-state index in [4.69, 9.17) is 9.47 Å². The number of nitrogens with zero attached hydrogens (tertiary/aromatic N) is 2. The highest BCUT2D eigenvalue weighted by Gasteiger charge is 2.34. The molecule has 1 aromatic heterocycles. The first-order valence-corrected chi connectivity index (χ1v) is 9.60. The van der Waals surface area contributed by atoms with Gasteiger partial charge in [0.1, 0.15) is 17.6 Å². The number of aromatic nitrogens is 1. The summed E-state index contributed by atoms with van der Waals surface area (Å²) in [7, 11) is -3.68. The maximum atomic E-state index is 12.9. The monoisotopic (exact) mass is 375 g/mol. The summed E-state index contributed by atoms with van der Waals surface area (Å²) in [5, 5.41) is 2.63. The van der Waals surface area contributed by atoms with Crippen molar-refractivity contribution in [3.8, 4) is 11.5 Å². The highest BCUT2D eigenvalue weighted by molar-refractivity contribution is 7.89. The van der Waals surface area contributed by atoms with E-state index in [2.05, 4.69) is 10.3 Å². The fraction of sp³-hybridized carbons (Fsp3) is 0.294. The summed E-state index contributed by atoms with van der Waals surface area (Å²) in [5.74, 6) is 0.770. The second-order valence-electron chi connectivity index (χ2n) is 6.08. The lowest BCUT2D eigenvalue weighted by atomic mass is 10.2. The lowest BCUT2D eigenvalue weighted by Gasteiger charge is -2.21. The molecule has 0 bridgehead atoms. The van der Waals surface area contributed by atoms with Crippen molar-refractivity contribution < 1.29 is 22.7 Å². The maximum Gasteiger partial charge on any atom is 0.262 e. The molecule has 1 saturated heterocycles. The Morgan fingerprint density at radius 3 is 3.00 bits per heavy atom. The van der Waals surface area contributed by atoms with E-state index in [0.29, 0.717) is 30.2 Å². The number of pyridine rings is 1. The van der Waals surface area contributed by atoms with Crippen molar-refractivity contribution in [1.82, 2.24) is 9.29 Å². The van der Waals surface area contributed by atoms with Crippen LogP contribution in [-0.2, 0) is 14.8 Å². The van der Waals surface area contributed by atoms with Gasteiger partial charge < -0.3 is 14.8 Å². The number of benzene rings is 1. The van der Waals surface area contributed by atoms with Crippen LogP contribution in [0.4, 0.5) is 5.69 Å².